The van der Waals surface area contributed by atoms with Crippen molar-refractivity contribution in [2.75, 3.05) is 5.88 Å². The van der Waals surface area contributed by atoms with Crippen LogP contribution in [0.1, 0.15) is 23.0 Å². The topological polar surface area (TPSA) is 33.0 Å². The first-order valence-electron chi connectivity index (χ1n) is 7.02. The Balaban J connectivity index is 1.96. The molecule has 0 aliphatic carbocycles. The van der Waals surface area contributed by atoms with Gasteiger partial charge in [0.05, 0.1) is 0 Å². The summed E-state index contributed by atoms with van der Waals surface area (Å²) in [6, 6.07) is 20.1. The molecule has 0 fully saturated rings. The highest BCUT2D eigenvalue weighted by Crippen LogP contribution is 2.35. The second kappa shape index (κ2) is 6.83. The third kappa shape index (κ3) is 3.09. The van der Waals surface area contributed by atoms with E-state index in [2.05, 4.69) is 6.07 Å². The van der Waals surface area contributed by atoms with Crippen molar-refractivity contribution < 1.29 is 4.74 Å². The molecule has 2 aromatic carbocycles. The maximum atomic E-state index is 9.08. The van der Waals surface area contributed by atoms with E-state index in [0.717, 1.165) is 27.8 Å². The number of nitriles is 1. The largest absolute Gasteiger partial charge is 0.485 e. The van der Waals surface area contributed by atoms with Gasteiger partial charge in [-0.3, -0.25) is 0 Å². The minimum absolute atomic E-state index is 0.0882. The maximum absolute atomic E-state index is 9.08. The summed E-state index contributed by atoms with van der Waals surface area (Å²) in [5.74, 6) is 1.33. The summed E-state index contributed by atoms with van der Waals surface area (Å²) < 4.78 is 7.29. The molecule has 0 amide bonds. The van der Waals surface area contributed by atoms with Crippen LogP contribution in [0.15, 0.2) is 54.6 Å². The van der Waals surface area contributed by atoms with E-state index in [9.17, 15) is 0 Å². The number of hydrogen-bond donors (Lipinski definition) is 0. The minimum Gasteiger partial charge on any atom is -0.485 e. The first-order chi connectivity index (χ1) is 10.8. The zero-order chi connectivity index (χ0) is 15.4. The number of nitrogens with zero attached hydrogens (tertiary/aromatic N) is 1. The van der Waals surface area contributed by atoms with Crippen LogP contribution in [0.4, 0.5) is 0 Å². The van der Waals surface area contributed by atoms with Gasteiger partial charge in [0.2, 0.25) is 0 Å². The zero-order valence-corrected chi connectivity index (χ0v) is 13.4. The molecule has 0 saturated heterocycles. The highest BCUT2D eigenvalue weighted by Gasteiger charge is 2.15. The molecule has 0 aliphatic rings. The Morgan fingerprint density at radius 2 is 1.95 bits per heavy atom. The summed E-state index contributed by atoms with van der Waals surface area (Å²) in [6.07, 6.45) is 0.645. The van der Waals surface area contributed by atoms with Gasteiger partial charge in [-0.15, -0.1) is 22.9 Å². The lowest BCUT2D eigenvalue weighted by molar-refractivity contribution is 0.205. The number of rotatable bonds is 5. The van der Waals surface area contributed by atoms with E-state index in [1.54, 1.807) is 0 Å². The smallest absolute Gasteiger partial charge is 0.128 e. The number of ether oxygens (including phenoxy) is 1. The predicted molar refractivity (Wildman–Crippen MR) is 91.7 cm³/mol. The minimum atomic E-state index is -0.0882. The van der Waals surface area contributed by atoms with Crippen LogP contribution in [-0.2, 0) is 0 Å². The van der Waals surface area contributed by atoms with Crippen LogP contribution < -0.4 is 4.74 Å². The van der Waals surface area contributed by atoms with Crippen molar-refractivity contribution in [3.05, 3.63) is 65.0 Å². The van der Waals surface area contributed by atoms with E-state index < -0.39 is 0 Å². The van der Waals surface area contributed by atoms with Gasteiger partial charge in [-0.25, -0.2) is 0 Å². The summed E-state index contributed by atoms with van der Waals surface area (Å²) >= 11 is 7.42. The van der Waals surface area contributed by atoms with Crippen molar-refractivity contribution in [3.63, 3.8) is 0 Å². The fourth-order valence-corrected chi connectivity index (χ4v) is 3.48. The molecule has 0 bridgehead atoms. The SMILES string of the molecule is N#Cc1cc2c(OC(CCCl)c3ccccc3)cccc2s1. The van der Waals surface area contributed by atoms with Gasteiger partial charge in [0.25, 0.3) is 0 Å². The Morgan fingerprint density at radius 1 is 1.14 bits per heavy atom. The van der Waals surface area contributed by atoms with Gasteiger partial charge >= 0.3 is 0 Å². The van der Waals surface area contributed by atoms with Gasteiger partial charge in [0.1, 0.15) is 22.8 Å². The molecule has 1 heterocycles. The van der Waals surface area contributed by atoms with Crippen LogP contribution in [0.2, 0.25) is 0 Å². The lowest BCUT2D eigenvalue weighted by Gasteiger charge is -2.19. The molecule has 1 atom stereocenters. The van der Waals surface area contributed by atoms with Gasteiger partial charge in [0, 0.05) is 22.4 Å². The molecule has 110 valence electrons. The van der Waals surface area contributed by atoms with Crippen molar-refractivity contribution in [3.8, 4) is 11.8 Å². The average molecular weight is 328 g/mol. The normalized spacial score (nSPS) is 12.0. The highest BCUT2D eigenvalue weighted by molar-refractivity contribution is 7.19. The Kier molecular flexibility index (Phi) is 4.62. The molecule has 0 radical (unpaired) electrons. The third-order valence-electron chi connectivity index (χ3n) is 3.44. The second-order valence-corrected chi connectivity index (χ2v) is 6.35. The summed E-state index contributed by atoms with van der Waals surface area (Å²) in [4.78, 5) is 0.694. The van der Waals surface area contributed by atoms with E-state index in [0.29, 0.717) is 10.8 Å². The Morgan fingerprint density at radius 3 is 2.68 bits per heavy atom. The lowest BCUT2D eigenvalue weighted by Crippen LogP contribution is -2.08. The molecule has 3 aromatic rings. The fourth-order valence-electron chi connectivity index (χ4n) is 2.41. The second-order valence-electron chi connectivity index (χ2n) is 4.89. The van der Waals surface area contributed by atoms with Gasteiger partial charge in [-0.05, 0) is 23.8 Å². The molecule has 0 spiro atoms. The highest BCUT2D eigenvalue weighted by atomic mass is 35.5. The van der Waals surface area contributed by atoms with Crippen LogP contribution >= 0.6 is 22.9 Å². The molecular formula is C18H14ClNOS. The molecular weight excluding hydrogens is 314 g/mol. The molecule has 1 aromatic heterocycles. The first kappa shape index (κ1) is 14.9. The molecule has 3 rings (SSSR count). The van der Waals surface area contributed by atoms with Crippen molar-refractivity contribution in [2.24, 2.45) is 0 Å². The van der Waals surface area contributed by atoms with Crippen LogP contribution in [0.5, 0.6) is 5.75 Å². The molecule has 2 nitrogen and oxygen atoms in total. The van der Waals surface area contributed by atoms with Crippen molar-refractivity contribution in [1.29, 1.82) is 5.26 Å². The number of benzene rings is 2. The summed E-state index contributed by atoms with van der Waals surface area (Å²) in [5.41, 5.74) is 1.11. The van der Waals surface area contributed by atoms with E-state index in [1.807, 2.05) is 54.6 Å². The van der Waals surface area contributed by atoms with E-state index in [4.69, 9.17) is 21.6 Å². The van der Waals surface area contributed by atoms with E-state index in [1.165, 1.54) is 11.3 Å². The van der Waals surface area contributed by atoms with Crippen LogP contribution in [0.25, 0.3) is 10.1 Å². The molecule has 0 N–H and O–H groups in total. The van der Waals surface area contributed by atoms with Crippen LogP contribution in [0.3, 0.4) is 0 Å². The number of alkyl halides is 1. The van der Waals surface area contributed by atoms with Gasteiger partial charge in [-0.1, -0.05) is 36.4 Å². The van der Waals surface area contributed by atoms with E-state index >= 15 is 0 Å². The number of thiophene rings is 1. The third-order valence-corrected chi connectivity index (χ3v) is 4.67. The molecule has 0 saturated carbocycles. The quantitative estimate of drug-likeness (QED) is 0.578. The average Bonchev–Trinajstić information content (AvgIpc) is 2.99. The molecule has 0 aliphatic heterocycles. The van der Waals surface area contributed by atoms with Crippen LogP contribution in [0, 0.1) is 11.3 Å². The Hall–Kier alpha value is -2.02. The molecule has 4 heteroatoms. The summed E-state index contributed by atoms with van der Waals surface area (Å²) in [5, 5.41) is 10.1. The van der Waals surface area contributed by atoms with Crippen molar-refractivity contribution in [1.82, 2.24) is 0 Å². The summed E-state index contributed by atoms with van der Waals surface area (Å²) in [7, 11) is 0. The lowest BCUT2D eigenvalue weighted by atomic mass is 10.1. The Bertz CT molecular complexity index is 807. The standard InChI is InChI=1S/C18H14ClNOS/c19-10-9-16(13-5-2-1-3-6-13)21-17-7-4-8-18-15(17)11-14(12-20)22-18/h1-8,11,16H,9-10H2. The van der Waals surface area contributed by atoms with E-state index in [-0.39, 0.29) is 6.10 Å². The zero-order valence-electron chi connectivity index (χ0n) is 11.8. The van der Waals surface area contributed by atoms with Gasteiger partial charge in [0.15, 0.2) is 0 Å². The summed E-state index contributed by atoms with van der Waals surface area (Å²) in [6.45, 7) is 0. The number of hydrogen-bond acceptors (Lipinski definition) is 3. The van der Waals surface area contributed by atoms with Crippen molar-refractivity contribution in [2.45, 2.75) is 12.5 Å². The Labute approximate surface area is 138 Å². The first-order valence-corrected chi connectivity index (χ1v) is 8.37. The van der Waals surface area contributed by atoms with Gasteiger partial charge in [-0.2, -0.15) is 5.26 Å². The van der Waals surface area contributed by atoms with Gasteiger partial charge < -0.3 is 4.74 Å². The monoisotopic (exact) mass is 327 g/mol. The molecule has 22 heavy (non-hydrogen) atoms. The predicted octanol–water partition coefficient (Wildman–Crippen LogP) is 5.52. The van der Waals surface area contributed by atoms with Crippen molar-refractivity contribution >= 4 is 33.0 Å². The van der Waals surface area contributed by atoms with Crippen LogP contribution in [-0.4, -0.2) is 5.88 Å². The fraction of sp³-hybridized carbons (Fsp3) is 0.167. The number of halogens is 1. The molecule has 1 unspecified atom stereocenters. The maximum Gasteiger partial charge on any atom is 0.128 e. The number of fused-ring (bicyclic) bond motifs is 1.